The summed E-state index contributed by atoms with van der Waals surface area (Å²) in [7, 11) is 0. The van der Waals surface area contributed by atoms with Crippen LogP contribution in [0.15, 0.2) is 53.3 Å². The van der Waals surface area contributed by atoms with Gasteiger partial charge < -0.3 is 10.3 Å². The van der Waals surface area contributed by atoms with Gasteiger partial charge in [0.1, 0.15) is 5.82 Å². The van der Waals surface area contributed by atoms with E-state index in [1.807, 2.05) is 43.3 Å². The van der Waals surface area contributed by atoms with E-state index >= 15 is 0 Å². The number of fused-ring (bicyclic) bond motifs is 1. The van der Waals surface area contributed by atoms with Crippen LogP contribution in [0, 0.1) is 0 Å². The molecular weight excluding hydrogens is 330 g/mol. The van der Waals surface area contributed by atoms with E-state index in [1.165, 1.54) is 0 Å². The second-order valence-electron chi connectivity index (χ2n) is 4.88. The zero-order valence-electron chi connectivity index (χ0n) is 11.4. The third-order valence-electron chi connectivity index (χ3n) is 3.34. The molecule has 0 aliphatic carbocycles. The molecule has 0 saturated carbocycles. The van der Waals surface area contributed by atoms with Crippen LogP contribution in [-0.2, 0) is 0 Å². The predicted octanol–water partition coefficient (Wildman–Crippen LogP) is 3.82. The van der Waals surface area contributed by atoms with Gasteiger partial charge in [0, 0.05) is 22.4 Å². The number of halogens is 1. The number of aromatic nitrogens is 2. The summed E-state index contributed by atoms with van der Waals surface area (Å²) in [6.45, 7) is 1.90. The monoisotopic (exact) mass is 343 g/mol. The molecule has 1 heterocycles. The molecular formula is C16H14BrN3O. The summed E-state index contributed by atoms with van der Waals surface area (Å²) in [6, 6.07) is 11.5. The normalized spacial score (nSPS) is 12.3. The lowest BCUT2D eigenvalue weighted by molar-refractivity contribution is 0.0938. The van der Waals surface area contributed by atoms with Crippen molar-refractivity contribution in [1.29, 1.82) is 0 Å². The van der Waals surface area contributed by atoms with Crippen molar-refractivity contribution in [3.63, 3.8) is 0 Å². The molecule has 0 aliphatic heterocycles. The molecule has 21 heavy (non-hydrogen) atoms. The molecule has 1 atom stereocenters. The van der Waals surface area contributed by atoms with E-state index in [0.29, 0.717) is 5.56 Å². The van der Waals surface area contributed by atoms with Crippen LogP contribution in [0.1, 0.15) is 29.1 Å². The largest absolute Gasteiger partial charge is 0.347 e. The first kappa shape index (κ1) is 13.8. The van der Waals surface area contributed by atoms with Crippen molar-refractivity contribution in [2.45, 2.75) is 13.0 Å². The lowest BCUT2D eigenvalue weighted by atomic mass is 10.1. The van der Waals surface area contributed by atoms with Crippen LogP contribution in [-0.4, -0.2) is 15.9 Å². The van der Waals surface area contributed by atoms with Crippen LogP contribution in [0.25, 0.3) is 10.8 Å². The molecule has 0 bridgehead atoms. The summed E-state index contributed by atoms with van der Waals surface area (Å²) in [5, 5.41) is 5.07. The molecule has 1 aromatic heterocycles. The molecule has 0 radical (unpaired) electrons. The van der Waals surface area contributed by atoms with Gasteiger partial charge in [0.15, 0.2) is 0 Å². The van der Waals surface area contributed by atoms with E-state index in [0.717, 1.165) is 21.1 Å². The predicted molar refractivity (Wildman–Crippen MR) is 86.1 cm³/mol. The summed E-state index contributed by atoms with van der Waals surface area (Å²) >= 11 is 3.44. The third kappa shape index (κ3) is 2.97. The fourth-order valence-electron chi connectivity index (χ4n) is 2.22. The van der Waals surface area contributed by atoms with E-state index in [1.54, 1.807) is 12.4 Å². The fraction of sp³-hybridized carbons (Fsp3) is 0.125. The van der Waals surface area contributed by atoms with Gasteiger partial charge in [-0.15, -0.1) is 0 Å². The standard InChI is InChI=1S/C16H14BrN3O/c1-10(15-18-6-7-19-15)20-16(21)13-3-2-12-9-14(17)5-4-11(12)8-13/h2-10H,1H3,(H,18,19)(H,20,21). The molecule has 1 amide bonds. The highest BCUT2D eigenvalue weighted by Gasteiger charge is 2.13. The van der Waals surface area contributed by atoms with Crippen molar-refractivity contribution < 1.29 is 4.79 Å². The Morgan fingerprint density at radius 1 is 1.24 bits per heavy atom. The van der Waals surface area contributed by atoms with Gasteiger partial charge in [0.05, 0.1) is 6.04 Å². The Labute approximate surface area is 130 Å². The molecule has 5 heteroatoms. The first-order chi connectivity index (χ1) is 10.1. The topological polar surface area (TPSA) is 57.8 Å². The molecule has 0 aliphatic rings. The number of aromatic amines is 1. The van der Waals surface area contributed by atoms with E-state index in [-0.39, 0.29) is 11.9 Å². The van der Waals surface area contributed by atoms with Crippen LogP contribution < -0.4 is 5.32 Å². The molecule has 1 unspecified atom stereocenters. The van der Waals surface area contributed by atoms with Crippen molar-refractivity contribution in [3.8, 4) is 0 Å². The van der Waals surface area contributed by atoms with Gasteiger partial charge in [-0.3, -0.25) is 4.79 Å². The minimum Gasteiger partial charge on any atom is -0.347 e. The Morgan fingerprint density at radius 2 is 2.00 bits per heavy atom. The second kappa shape index (κ2) is 5.69. The maximum absolute atomic E-state index is 12.3. The van der Waals surface area contributed by atoms with Gasteiger partial charge in [-0.1, -0.05) is 28.1 Å². The van der Waals surface area contributed by atoms with Gasteiger partial charge in [-0.25, -0.2) is 4.98 Å². The van der Waals surface area contributed by atoms with Gasteiger partial charge in [0.2, 0.25) is 0 Å². The Hall–Kier alpha value is -2.14. The Bertz CT molecular complexity index is 783. The van der Waals surface area contributed by atoms with Gasteiger partial charge >= 0.3 is 0 Å². The number of amides is 1. The van der Waals surface area contributed by atoms with Crippen LogP contribution in [0.4, 0.5) is 0 Å². The molecule has 0 fully saturated rings. The average molecular weight is 344 g/mol. The summed E-state index contributed by atoms with van der Waals surface area (Å²) < 4.78 is 1.03. The summed E-state index contributed by atoms with van der Waals surface area (Å²) in [5.74, 6) is 0.636. The van der Waals surface area contributed by atoms with Crippen molar-refractivity contribution in [2.24, 2.45) is 0 Å². The van der Waals surface area contributed by atoms with Crippen molar-refractivity contribution in [1.82, 2.24) is 15.3 Å². The van der Waals surface area contributed by atoms with Gasteiger partial charge in [-0.2, -0.15) is 0 Å². The number of imidazole rings is 1. The smallest absolute Gasteiger partial charge is 0.251 e. The Balaban J connectivity index is 1.83. The maximum Gasteiger partial charge on any atom is 0.251 e. The summed E-state index contributed by atoms with van der Waals surface area (Å²) in [5.41, 5.74) is 0.642. The van der Waals surface area contributed by atoms with Crippen LogP contribution in [0.3, 0.4) is 0 Å². The second-order valence-corrected chi connectivity index (χ2v) is 5.79. The van der Waals surface area contributed by atoms with E-state index in [2.05, 4.69) is 31.2 Å². The van der Waals surface area contributed by atoms with Gasteiger partial charge in [0.25, 0.3) is 5.91 Å². The van der Waals surface area contributed by atoms with Gasteiger partial charge in [-0.05, 0) is 42.0 Å². The minimum atomic E-state index is -0.159. The molecule has 3 aromatic rings. The molecule has 0 spiro atoms. The fourth-order valence-corrected chi connectivity index (χ4v) is 2.60. The number of benzene rings is 2. The highest BCUT2D eigenvalue weighted by atomic mass is 79.9. The minimum absolute atomic E-state index is 0.108. The van der Waals surface area contributed by atoms with Crippen molar-refractivity contribution in [2.75, 3.05) is 0 Å². The number of H-pyrrole nitrogens is 1. The number of carbonyl (C=O) groups is 1. The van der Waals surface area contributed by atoms with Crippen LogP contribution >= 0.6 is 15.9 Å². The highest BCUT2D eigenvalue weighted by Crippen LogP contribution is 2.21. The maximum atomic E-state index is 12.3. The van der Waals surface area contributed by atoms with Crippen LogP contribution in [0.2, 0.25) is 0 Å². The summed E-state index contributed by atoms with van der Waals surface area (Å²) in [6.07, 6.45) is 3.41. The Morgan fingerprint density at radius 3 is 2.76 bits per heavy atom. The molecule has 2 N–H and O–H groups in total. The number of hydrogen-bond acceptors (Lipinski definition) is 2. The number of nitrogens with one attached hydrogen (secondary N) is 2. The first-order valence-electron chi connectivity index (χ1n) is 6.63. The zero-order valence-corrected chi connectivity index (χ0v) is 13.0. The first-order valence-corrected chi connectivity index (χ1v) is 7.42. The molecule has 0 saturated heterocycles. The average Bonchev–Trinajstić information content (AvgIpc) is 3.01. The SMILES string of the molecule is CC(NC(=O)c1ccc2cc(Br)ccc2c1)c1ncc[nH]1. The van der Waals surface area contributed by atoms with E-state index in [9.17, 15) is 4.79 Å². The van der Waals surface area contributed by atoms with Crippen molar-refractivity contribution >= 4 is 32.6 Å². The zero-order chi connectivity index (χ0) is 14.8. The Kier molecular flexibility index (Phi) is 3.75. The molecule has 4 nitrogen and oxygen atoms in total. The summed E-state index contributed by atoms with van der Waals surface area (Å²) in [4.78, 5) is 19.4. The number of hydrogen-bond donors (Lipinski definition) is 2. The number of nitrogens with zero attached hydrogens (tertiary/aromatic N) is 1. The van der Waals surface area contributed by atoms with Crippen LogP contribution in [0.5, 0.6) is 0 Å². The third-order valence-corrected chi connectivity index (χ3v) is 3.83. The molecule has 106 valence electrons. The van der Waals surface area contributed by atoms with E-state index < -0.39 is 0 Å². The lowest BCUT2D eigenvalue weighted by Gasteiger charge is -2.12. The number of carbonyl (C=O) groups excluding carboxylic acids is 1. The molecule has 3 rings (SSSR count). The van der Waals surface area contributed by atoms with Crippen molar-refractivity contribution in [3.05, 3.63) is 64.7 Å². The lowest BCUT2D eigenvalue weighted by Crippen LogP contribution is -2.27. The number of rotatable bonds is 3. The van der Waals surface area contributed by atoms with E-state index in [4.69, 9.17) is 0 Å². The highest BCUT2D eigenvalue weighted by molar-refractivity contribution is 9.10. The molecule has 2 aromatic carbocycles. The quantitative estimate of drug-likeness (QED) is 0.759.